The predicted octanol–water partition coefficient (Wildman–Crippen LogP) is 5.08. The number of aryl methyl sites for hydroxylation is 3. The summed E-state index contributed by atoms with van der Waals surface area (Å²) < 4.78 is 5.02. The summed E-state index contributed by atoms with van der Waals surface area (Å²) in [5.41, 5.74) is 5.48. The fraction of sp³-hybridized carbons (Fsp3) is 0.429. The average Bonchev–Trinajstić information content (AvgIpc) is 2.98. The first-order chi connectivity index (χ1) is 12.9. The summed E-state index contributed by atoms with van der Waals surface area (Å²) in [4.78, 5) is 13.6. The lowest BCUT2D eigenvalue weighted by molar-refractivity contribution is 0.0601. The molecule has 1 unspecified atom stereocenters. The smallest absolute Gasteiger partial charge is 0.341 e. The Morgan fingerprint density at radius 1 is 1.26 bits per heavy atom. The van der Waals surface area contributed by atoms with Gasteiger partial charge in [-0.15, -0.1) is 11.3 Å². The van der Waals surface area contributed by atoms with E-state index in [1.54, 1.807) is 11.3 Å². The molecule has 0 spiro atoms. The zero-order chi connectivity index (χ0) is 19.6. The minimum absolute atomic E-state index is 0.0711. The molecule has 0 saturated carbocycles. The topological polar surface area (TPSA) is 50.4 Å². The number of thiophene rings is 1. The number of ether oxygens (including phenoxy) is 1. The van der Waals surface area contributed by atoms with E-state index in [0.29, 0.717) is 10.7 Å². The second-order valence-corrected chi connectivity index (χ2v) is 8.60. The number of anilines is 1. The van der Waals surface area contributed by atoms with Crippen LogP contribution in [0.4, 0.5) is 5.00 Å². The predicted molar refractivity (Wildman–Crippen MR) is 116 cm³/mol. The first-order valence-electron chi connectivity index (χ1n) is 9.28. The monoisotopic (exact) mass is 402 g/mol. The summed E-state index contributed by atoms with van der Waals surface area (Å²) in [5, 5.41) is 7.91. The molecule has 1 aromatic carbocycles. The first-order valence-corrected chi connectivity index (χ1v) is 10.5. The Labute approximate surface area is 170 Å². The van der Waals surface area contributed by atoms with Crippen LogP contribution in [-0.2, 0) is 17.6 Å². The van der Waals surface area contributed by atoms with Gasteiger partial charge in [-0.25, -0.2) is 4.79 Å². The van der Waals surface area contributed by atoms with Gasteiger partial charge in [-0.05, 0) is 75.4 Å². The highest BCUT2D eigenvalue weighted by atomic mass is 32.1. The van der Waals surface area contributed by atoms with E-state index in [1.807, 2.05) is 0 Å². The molecule has 0 aliphatic heterocycles. The van der Waals surface area contributed by atoms with Gasteiger partial charge in [-0.1, -0.05) is 23.8 Å². The van der Waals surface area contributed by atoms with Crippen LogP contribution < -0.4 is 10.6 Å². The van der Waals surface area contributed by atoms with E-state index in [-0.39, 0.29) is 12.0 Å². The van der Waals surface area contributed by atoms with Crippen molar-refractivity contribution < 1.29 is 9.53 Å². The van der Waals surface area contributed by atoms with Gasteiger partial charge < -0.3 is 15.4 Å². The lowest BCUT2D eigenvalue weighted by Crippen LogP contribution is -2.31. The van der Waals surface area contributed by atoms with Crippen molar-refractivity contribution in [1.82, 2.24) is 5.32 Å². The summed E-state index contributed by atoms with van der Waals surface area (Å²) in [6.07, 6.45) is 4.22. The highest BCUT2D eigenvalue weighted by molar-refractivity contribution is 7.80. The minimum atomic E-state index is -0.290. The third-order valence-electron chi connectivity index (χ3n) is 5.03. The second kappa shape index (κ2) is 8.40. The van der Waals surface area contributed by atoms with Crippen molar-refractivity contribution in [3.05, 3.63) is 50.9 Å². The molecule has 144 valence electrons. The maximum absolute atomic E-state index is 12.3. The van der Waals surface area contributed by atoms with E-state index >= 15 is 0 Å². The van der Waals surface area contributed by atoms with Crippen LogP contribution in [0.5, 0.6) is 0 Å². The standard InChI is InChI=1S/C21H26N2O2S2/c1-12-9-10-15(13(2)11-12)14(3)22-21(26)23-19-18(20(24)25-4)16-7-5-6-8-17(16)27-19/h9-11,14H,5-8H2,1-4H3,(H2,22,23,26). The molecule has 1 heterocycles. The quantitative estimate of drug-likeness (QED) is 0.552. The summed E-state index contributed by atoms with van der Waals surface area (Å²) in [6, 6.07) is 6.49. The Balaban J connectivity index is 1.77. The van der Waals surface area contributed by atoms with Gasteiger partial charge in [0, 0.05) is 4.88 Å². The number of nitrogens with one attached hydrogen (secondary N) is 2. The number of carbonyl (C=O) groups excluding carboxylic acids is 1. The van der Waals surface area contributed by atoms with Gasteiger partial charge in [0.1, 0.15) is 5.00 Å². The zero-order valence-corrected chi connectivity index (χ0v) is 17.9. The molecule has 1 aliphatic carbocycles. The maximum atomic E-state index is 12.3. The molecule has 6 heteroatoms. The molecule has 0 fully saturated rings. The largest absolute Gasteiger partial charge is 0.465 e. The summed E-state index contributed by atoms with van der Waals surface area (Å²) in [5.74, 6) is -0.290. The zero-order valence-electron chi connectivity index (χ0n) is 16.3. The number of esters is 1. The first kappa shape index (κ1) is 19.8. The lowest BCUT2D eigenvalue weighted by atomic mass is 9.95. The lowest BCUT2D eigenvalue weighted by Gasteiger charge is -2.19. The summed E-state index contributed by atoms with van der Waals surface area (Å²) in [6.45, 7) is 6.29. The van der Waals surface area contributed by atoms with Crippen molar-refractivity contribution in [3.8, 4) is 0 Å². The Bertz CT molecular complexity index is 873. The minimum Gasteiger partial charge on any atom is -0.465 e. The van der Waals surface area contributed by atoms with Crippen LogP contribution in [0.3, 0.4) is 0 Å². The van der Waals surface area contributed by atoms with Crippen LogP contribution in [0.1, 0.15) is 63.3 Å². The molecular formula is C21H26N2O2S2. The van der Waals surface area contributed by atoms with E-state index in [9.17, 15) is 4.79 Å². The molecule has 1 atom stereocenters. The molecule has 0 saturated heterocycles. The van der Waals surface area contributed by atoms with Gasteiger partial charge in [-0.2, -0.15) is 0 Å². The van der Waals surface area contributed by atoms with Crippen LogP contribution in [0, 0.1) is 13.8 Å². The molecular weight excluding hydrogens is 376 g/mol. The normalized spacial score (nSPS) is 14.2. The number of fused-ring (bicyclic) bond motifs is 1. The molecule has 3 rings (SSSR count). The molecule has 4 nitrogen and oxygen atoms in total. The Kier molecular flexibility index (Phi) is 6.17. The Morgan fingerprint density at radius 2 is 2.00 bits per heavy atom. The van der Waals surface area contributed by atoms with Crippen molar-refractivity contribution in [1.29, 1.82) is 0 Å². The van der Waals surface area contributed by atoms with E-state index in [0.717, 1.165) is 29.8 Å². The Morgan fingerprint density at radius 3 is 2.70 bits per heavy atom. The third kappa shape index (κ3) is 4.33. The molecule has 1 aromatic heterocycles. The molecule has 27 heavy (non-hydrogen) atoms. The van der Waals surface area contributed by atoms with Crippen molar-refractivity contribution in [2.45, 2.75) is 52.5 Å². The number of thiocarbonyl (C=S) groups is 1. The van der Waals surface area contributed by atoms with Gasteiger partial charge in [0.05, 0.1) is 18.7 Å². The van der Waals surface area contributed by atoms with Crippen LogP contribution in [0.15, 0.2) is 18.2 Å². The van der Waals surface area contributed by atoms with E-state index in [4.69, 9.17) is 17.0 Å². The maximum Gasteiger partial charge on any atom is 0.341 e. The molecule has 2 aromatic rings. The van der Waals surface area contributed by atoms with Gasteiger partial charge >= 0.3 is 5.97 Å². The summed E-state index contributed by atoms with van der Waals surface area (Å²) >= 11 is 7.16. The number of hydrogen-bond donors (Lipinski definition) is 2. The highest BCUT2D eigenvalue weighted by Gasteiger charge is 2.26. The number of methoxy groups -OCH3 is 1. The molecule has 2 N–H and O–H groups in total. The van der Waals surface area contributed by atoms with E-state index in [1.165, 1.54) is 35.1 Å². The van der Waals surface area contributed by atoms with E-state index < -0.39 is 0 Å². The van der Waals surface area contributed by atoms with Crippen molar-refractivity contribution in [2.75, 3.05) is 12.4 Å². The fourth-order valence-electron chi connectivity index (χ4n) is 3.70. The SMILES string of the molecule is COC(=O)c1c(NC(=S)NC(C)c2ccc(C)cc2C)sc2c1CCCC2. The summed E-state index contributed by atoms with van der Waals surface area (Å²) in [7, 11) is 1.43. The molecule has 0 amide bonds. The van der Waals surface area contributed by atoms with Crippen LogP contribution in [-0.4, -0.2) is 18.2 Å². The van der Waals surface area contributed by atoms with Gasteiger partial charge in [0.2, 0.25) is 0 Å². The van der Waals surface area contributed by atoms with Crippen molar-refractivity contribution >= 4 is 39.6 Å². The van der Waals surface area contributed by atoms with E-state index in [2.05, 4.69) is 49.6 Å². The molecule has 0 bridgehead atoms. The average molecular weight is 403 g/mol. The van der Waals surface area contributed by atoms with Crippen LogP contribution in [0.25, 0.3) is 0 Å². The number of hydrogen-bond acceptors (Lipinski definition) is 4. The highest BCUT2D eigenvalue weighted by Crippen LogP contribution is 2.38. The Hall–Kier alpha value is -1.92. The number of rotatable bonds is 4. The molecule has 1 aliphatic rings. The fourth-order valence-corrected chi connectivity index (χ4v) is 5.32. The number of benzene rings is 1. The number of carbonyl (C=O) groups is 1. The third-order valence-corrected chi connectivity index (χ3v) is 6.45. The van der Waals surface area contributed by atoms with Crippen molar-refractivity contribution in [3.63, 3.8) is 0 Å². The van der Waals surface area contributed by atoms with Gasteiger partial charge in [0.15, 0.2) is 5.11 Å². The van der Waals surface area contributed by atoms with Gasteiger partial charge in [0.25, 0.3) is 0 Å². The molecule has 0 radical (unpaired) electrons. The van der Waals surface area contributed by atoms with Crippen LogP contribution >= 0.6 is 23.6 Å². The second-order valence-electron chi connectivity index (χ2n) is 7.09. The van der Waals surface area contributed by atoms with Crippen molar-refractivity contribution in [2.24, 2.45) is 0 Å². The van der Waals surface area contributed by atoms with Crippen LogP contribution in [0.2, 0.25) is 0 Å². The van der Waals surface area contributed by atoms with Gasteiger partial charge in [-0.3, -0.25) is 0 Å².